The summed E-state index contributed by atoms with van der Waals surface area (Å²) >= 11 is 6.57. The fourth-order valence-electron chi connectivity index (χ4n) is 2.00. The molecule has 0 spiro atoms. The zero-order valence-corrected chi connectivity index (χ0v) is 15.8. The van der Waals surface area contributed by atoms with Gasteiger partial charge in [0.05, 0.1) is 11.5 Å². The average molecular weight is 477 g/mol. The summed E-state index contributed by atoms with van der Waals surface area (Å²) in [5.41, 5.74) is -2.88. The van der Waals surface area contributed by atoms with Gasteiger partial charge in [-0.05, 0) is 57.0 Å². The number of hydrogen-bond donors (Lipinski definition) is 3. The van der Waals surface area contributed by atoms with E-state index in [-0.39, 0.29) is 22.8 Å². The molecule has 132 valence electrons. The van der Waals surface area contributed by atoms with Gasteiger partial charge in [0.25, 0.3) is 0 Å². The summed E-state index contributed by atoms with van der Waals surface area (Å²) < 4.78 is 6.34. The molecule has 0 aliphatic heterocycles. The molecule has 0 atom stereocenters. The Hall–Kier alpha value is -2.40. The lowest BCUT2D eigenvalue weighted by Crippen LogP contribution is -2.25. The maximum atomic E-state index is 11.6. The van der Waals surface area contributed by atoms with E-state index in [0.717, 1.165) is 6.08 Å². The Morgan fingerprint density at radius 3 is 2.60 bits per heavy atom. The summed E-state index contributed by atoms with van der Waals surface area (Å²) in [5, 5.41) is 21.3. The van der Waals surface area contributed by atoms with Crippen LogP contribution in [0, 0.1) is 10.1 Å². The molecular formula is C14H11Br2N3O6. The number of benzene rings is 1. The summed E-state index contributed by atoms with van der Waals surface area (Å²) in [5.74, 6) is -0.00542. The van der Waals surface area contributed by atoms with Crippen molar-refractivity contribution < 1.29 is 14.8 Å². The van der Waals surface area contributed by atoms with Gasteiger partial charge in [0.15, 0.2) is 11.5 Å². The van der Waals surface area contributed by atoms with Crippen molar-refractivity contribution in [2.45, 2.75) is 6.92 Å². The zero-order valence-electron chi connectivity index (χ0n) is 12.6. The monoisotopic (exact) mass is 475 g/mol. The van der Waals surface area contributed by atoms with Gasteiger partial charge >= 0.3 is 16.9 Å². The first-order chi connectivity index (χ1) is 11.8. The van der Waals surface area contributed by atoms with Gasteiger partial charge in [-0.25, -0.2) is 4.79 Å². The van der Waals surface area contributed by atoms with Gasteiger partial charge in [0.2, 0.25) is 0 Å². The molecule has 2 aromatic rings. The highest BCUT2D eigenvalue weighted by Crippen LogP contribution is 2.41. The van der Waals surface area contributed by atoms with E-state index in [1.165, 1.54) is 6.08 Å². The minimum Gasteiger partial charge on any atom is -0.504 e. The molecule has 9 nitrogen and oxygen atoms in total. The van der Waals surface area contributed by atoms with Crippen molar-refractivity contribution in [3.8, 4) is 11.5 Å². The van der Waals surface area contributed by atoms with Crippen molar-refractivity contribution in [2.24, 2.45) is 0 Å². The quantitative estimate of drug-likeness (QED) is 0.448. The predicted molar refractivity (Wildman–Crippen MR) is 97.9 cm³/mol. The van der Waals surface area contributed by atoms with E-state index >= 15 is 0 Å². The number of H-pyrrole nitrogens is 2. The van der Waals surface area contributed by atoms with Gasteiger partial charge in [-0.15, -0.1) is 0 Å². The Balaban J connectivity index is 2.63. The van der Waals surface area contributed by atoms with E-state index < -0.39 is 21.9 Å². The van der Waals surface area contributed by atoms with Gasteiger partial charge in [-0.1, -0.05) is 0 Å². The van der Waals surface area contributed by atoms with E-state index in [1.807, 2.05) is 0 Å². The number of nitro groups is 1. The lowest BCUT2D eigenvalue weighted by Gasteiger charge is -2.11. The van der Waals surface area contributed by atoms with Crippen LogP contribution in [-0.2, 0) is 0 Å². The van der Waals surface area contributed by atoms with Gasteiger partial charge < -0.3 is 14.8 Å². The molecule has 2 rings (SSSR count). The summed E-state index contributed by atoms with van der Waals surface area (Å²) in [7, 11) is 0. The van der Waals surface area contributed by atoms with Crippen molar-refractivity contribution in [3.05, 3.63) is 57.2 Å². The van der Waals surface area contributed by atoms with Crippen LogP contribution in [0.5, 0.6) is 11.5 Å². The number of phenols is 1. The maximum Gasteiger partial charge on any atom is 0.357 e. The van der Waals surface area contributed by atoms with Crippen molar-refractivity contribution in [1.29, 1.82) is 0 Å². The van der Waals surface area contributed by atoms with Crippen molar-refractivity contribution in [3.63, 3.8) is 0 Å². The van der Waals surface area contributed by atoms with Crippen LogP contribution in [0.25, 0.3) is 12.2 Å². The third-order valence-electron chi connectivity index (χ3n) is 3.04. The van der Waals surface area contributed by atoms with Gasteiger partial charge in [-0.2, -0.15) is 0 Å². The molecular weight excluding hydrogens is 466 g/mol. The van der Waals surface area contributed by atoms with Crippen LogP contribution < -0.4 is 16.0 Å². The average Bonchev–Trinajstić information content (AvgIpc) is 2.51. The van der Waals surface area contributed by atoms with E-state index in [4.69, 9.17) is 4.74 Å². The molecule has 0 saturated heterocycles. The summed E-state index contributed by atoms with van der Waals surface area (Å²) in [6.07, 6.45) is 2.46. The molecule has 0 radical (unpaired) electrons. The Morgan fingerprint density at radius 2 is 2.00 bits per heavy atom. The maximum absolute atomic E-state index is 11.6. The predicted octanol–water partition coefficient (Wildman–Crippen LogP) is 2.77. The molecule has 1 aromatic carbocycles. The van der Waals surface area contributed by atoms with Crippen LogP contribution >= 0.6 is 31.9 Å². The van der Waals surface area contributed by atoms with Gasteiger partial charge in [-0.3, -0.25) is 19.9 Å². The first-order valence-corrected chi connectivity index (χ1v) is 8.37. The Bertz CT molecular complexity index is 980. The van der Waals surface area contributed by atoms with Gasteiger partial charge in [0, 0.05) is 14.5 Å². The lowest BCUT2D eigenvalue weighted by molar-refractivity contribution is -0.386. The van der Waals surface area contributed by atoms with E-state index in [2.05, 4.69) is 36.8 Å². The Kier molecular flexibility index (Phi) is 5.80. The second kappa shape index (κ2) is 7.66. The minimum absolute atomic E-state index is 0.200. The molecule has 0 amide bonds. The molecule has 1 aromatic heterocycles. The van der Waals surface area contributed by atoms with Crippen LogP contribution in [0.2, 0.25) is 0 Å². The SMILES string of the molecule is CCOc1cc(Br)c(Br)c(C=Cc2[nH]c(=O)[nH]c(=O)c2[N+](=O)[O-])c1O. The molecule has 11 heteroatoms. The molecule has 0 unspecified atom stereocenters. The third-order valence-corrected chi connectivity index (χ3v) is 5.05. The zero-order chi connectivity index (χ0) is 18.7. The number of ether oxygens (including phenoxy) is 1. The smallest absolute Gasteiger partial charge is 0.357 e. The Labute approximate surface area is 156 Å². The molecule has 0 fully saturated rings. The van der Waals surface area contributed by atoms with Crippen LogP contribution in [-0.4, -0.2) is 26.6 Å². The van der Waals surface area contributed by atoms with E-state index in [0.29, 0.717) is 15.6 Å². The number of aromatic hydroxyl groups is 1. The molecule has 0 aliphatic carbocycles. The van der Waals surface area contributed by atoms with Crippen LogP contribution in [0.15, 0.2) is 24.6 Å². The molecule has 1 heterocycles. The number of aromatic amines is 2. The summed E-state index contributed by atoms with van der Waals surface area (Å²) in [4.78, 5) is 37.1. The number of aromatic nitrogens is 2. The highest BCUT2D eigenvalue weighted by Gasteiger charge is 2.20. The van der Waals surface area contributed by atoms with E-state index in [1.54, 1.807) is 18.0 Å². The van der Waals surface area contributed by atoms with E-state index in [9.17, 15) is 24.8 Å². The topological polar surface area (TPSA) is 138 Å². The minimum atomic E-state index is -1.12. The lowest BCUT2D eigenvalue weighted by atomic mass is 10.1. The van der Waals surface area contributed by atoms with Crippen LogP contribution in [0.4, 0.5) is 5.69 Å². The second-order valence-electron chi connectivity index (χ2n) is 4.63. The van der Waals surface area contributed by atoms with Gasteiger partial charge in [0.1, 0.15) is 5.69 Å². The molecule has 25 heavy (non-hydrogen) atoms. The standard InChI is InChI=1S/C14H11Br2N3O6/c1-2-25-9-5-7(15)10(16)6(12(9)20)3-4-8-11(19(23)24)13(21)18-14(22)17-8/h3-5,20H,2H2,1H3,(H2,17,18,21,22). The number of nitrogens with zero attached hydrogens (tertiary/aromatic N) is 1. The van der Waals surface area contributed by atoms with Crippen molar-refractivity contribution in [2.75, 3.05) is 6.61 Å². The number of rotatable bonds is 5. The highest BCUT2D eigenvalue weighted by molar-refractivity contribution is 9.13. The number of halogens is 2. The van der Waals surface area contributed by atoms with Crippen LogP contribution in [0.3, 0.4) is 0 Å². The fourth-order valence-corrected chi connectivity index (χ4v) is 2.85. The molecule has 0 bridgehead atoms. The first kappa shape index (κ1) is 18.9. The Morgan fingerprint density at radius 1 is 1.32 bits per heavy atom. The second-order valence-corrected chi connectivity index (χ2v) is 6.27. The summed E-state index contributed by atoms with van der Waals surface area (Å²) in [6.45, 7) is 2.06. The molecule has 3 N–H and O–H groups in total. The first-order valence-electron chi connectivity index (χ1n) is 6.79. The van der Waals surface area contributed by atoms with Crippen LogP contribution in [0.1, 0.15) is 18.2 Å². The van der Waals surface area contributed by atoms with Crippen molar-refractivity contribution >= 4 is 49.7 Å². The normalized spacial score (nSPS) is 11.0. The number of hydrogen-bond acceptors (Lipinski definition) is 6. The third kappa shape index (κ3) is 3.99. The highest BCUT2D eigenvalue weighted by atomic mass is 79.9. The van der Waals surface area contributed by atoms with Crippen molar-refractivity contribution in [1.82, 2.24) is 9.97 Å². The number of phenolic OH excluding ortho intramolecular Hbond substituents is 1. The number of nitrogens with one attached hydrogen (secondary N) is 2. The molecule has 0 aliphatic rings. The largest absolute Gasteiger partial charge is 0.504 e. The fraction of sp³-hybridized carbons (Fsp3) is 0.143. The summed E-state index contributed by atoms with van der Waals surface area (Å²) in [6, 6.07) is 1.55. The molecule has 0 saturated carbocycles.